The van der Waals surface area contributed by atoms with Gasteiger partial charge in [-0.2, -0.15) is 0 Å². The van der Waals surface area contributed by atoms with Gasteiger partial charge in [0, 0.05) is 12.6 Å². The molecular formula is C18H19F3N2O2S. The fourth-order valence-electron chi connectivity index (χ4n) is 3.17. The summed E-state index contributed by atoms with van der Waals surface area (Å²) in [6, 6.07) is 10.5. The van der Waals surface area contributed by atoms with Gasteiger partial charge in [-0.3, -0.25) is 4.90 Å². The number of nitrogens with zero attached hydrogens (tertiary/aromatic N) is 1. The van der Waals surface area contributed by atoms with Crippen LogP contribution in [0.2, 0.25) is 0 Å². The number of sulfonamides is 1. The van der Waals surface area contributed by atoms with Gasteiger partial charge in [0.25, 0.3) is 0 Å². The number of rotatable bonds is 6. The summed E-state index contributed by atoms with van der Waals surface area (Å²) in [6.45, 7) is 1.67. The molecule has 1 fully saturated rings. The van der Waals surface area contributed by atoms with E-state index in [1.165, 1.54) is 0 Å². The van der Waals surface area contributed by atoms with E-state index < -0.39 is 32.4 Å². The van der Waals surface area contributed by atoms with Crippen LogP contribution in [0.15, 0.2) is 47.4 Å². The van der Waals surface area contributed by atoms with E-state index >= 15 is 0 Å². The minimum atomic E-state index is -4.32. The van der Waals surface area contributed by atoms with Crippen LogP contribution in [0.25, 0.3) is 0 Å². The number of benzene rings is 2. The lowest BCUT2D eigenvalue weighted by Gasteiger charge is -2.28. The quantitative estimate of drug-likeness (QED) is 0.778. The third kappa shape index (κ3) is 3.92. The lowest BCUT2D eigenvalue weighted by molar-refractivity contribution is 0.246. The van der Waals surface area contributed by atoms with Crippen LogP contribution < -0.4 is 4.72 Å². The van der Waals surface area contributed by atoms with Crippen molar-refractivity contribution in [3.05, 3.63) is 65.5 Å². The monoisotopic (exact) mass is 384 g/mol. The zero-order valence-electron chi connectivity index (χ0n) is 14.0. The molecule has 0 bridgehead atoms. The Kier molecular flexibility index (Phi) is 5.64. The summed E-state index contributed by atoms with van der Waals surface area (Å²) < 4.78 is 67.4. The van der Waals surface area contributed by atoms with Crippen LogP contribution in [0, 0.1) is 17.5 Å². The Morgan fingerprint density at radius 3 is 2.27 bits per heavy atom. The highest BCUT2D eigenvalue weighted by molar-refractivity contribution is 7.89. The van der Waals surface area contributed by atoms with E-state index in [1.807, 2.05) is 30.3 Å². The molecule has 0 saturated carbocycles. The number of likely N-dealkylation sites (tertiary alicyclic amines) is 1. The maximum Gasteiger partial charge on any atom is 0.243 e. The van der Waals surface area contributed by atoms with Crippen LogP contribution in [0.4, 0.5) is 13.2 Å². The molecule has 0 aliphatic carbocycles. The summed E-state index contributed by atoms with van der Waals surface area (Å²) in [5.41, 5.74) is 0.933. The fourth-order valence-corrected chi connectivity index (χ4v) is 4.27. The van der Waals surface area contributed by atoms with Crippen LogP contribution in [-0.2, 0) is 10.0 Å². The first-order valence-electron chi connectivity index (χ1n) is 8.32. The smallest absolute Gasteiger partial charge is 0.243 e. The maximum absolute atomic E-state index is 13.9. The summed E-state index contributed by atoms with van der Waals surface area (Å²) in [4.78, 5) is 1.25. The number of hydrogen-bond acceptors (Lipinski definition) is 3. The molecule has 0 amide bonds. The lowest BCUT2D eigenvalue weighted by Crippen LogP contribution is -2.37. The Hall–Kier alpha value is -1.90. The zero-order valence-corrected chi connectivity index (χ0v) is 14.8. The highest BCUT2D eigenvalue weighted by Crippen LogP contribution is 2.26. The van der Waals surface area contributed by atoms with Crippen LogP contribution >= 0.6 is 0 Å². The first-order chi connectivity index (χ1) is 12.4. The predicted molar refractivity (Wildman–Crippen MR) is 91.5 cm³/mol. The molecule has 3 rings (SSSR count). The van der Waals surface area contributed by atoms with Crippen molar-refractivity contribution < 1.29 is 21.6 Å². The number of halogens is 3. The first kappa shape index (κ1) is 18.9. The molecule has 1 N–H and O–H groups in total. The minimum absolute atomic E-state index is 0.00474. The van der Waals surface area contributed by atoms with Gasteiger partial charge in [-0.15, -0.1) is 0 Å². The number of hydrogen-bond donors (Lipinski definition) is 1. The van der Waals surface area contributed by atoms with Crippen molar-refractivity contribution in [1.29, 1.82) is 0 Å². The molecule has 1 aliphatic heterocycles. The molecule has 1 aliphatic rings. The van der Waals surface area contributed by atoms with E-state index in [9.17, 15) is 21.6 Å². The van der Waals surface area contributed by atoms with Gasteiger partial charge in [0.05, 0.1) is 0 Å². The molecule has 2 aromatic carbocycles. The summed E-state index contributed by atoms with van der Waals surface area (Å²) >= 11 is 0. The summed E-state index contributed by atoms with van der Waals surface area (Å²) in [6.07, 6.45) is 2.04. The van der Waals surface area contributed by atoms with E-state index in [2.05, 4.69) is 9.62 Å². The Bertz CT molecular complexity index is 870. The average molecular weight is 384 g/mol. The second-order valence-electron chi connectivity index (χ2n) is 6.19. The van der Waals surface area contributed by atoms with Crippen LogP contribution in [0.5, 0.6) is 0 Å². The van der Waals surface area contributed by atoms with Gasteiger partial charge in [-0.05, 0) is 43.6 Å². The van der Waals surface area contributed by atoms with Crippen molar-refractivity contribution in [3.8, 4) is 0 Å². The third-order valence-electron chi connectivity index (χ3n) is 4.52. The van der Waals surface area contributed by atoms with Gasteiger partial charge >= 0.3 is 0 Å². The Balaban J connectivity index is 1.83. The summed E-state index contributed by atoms with van der Waals surface area (Å²) in [5.74, 6) is -4.94. The Morgan fingerprint density at radius 1 is 0.962 bits per heavy atom. The van der Waals surface area contributed by atoms with Crippen molar-refractivity contribution in [2.45, 2.75) is 23.8 Å². The van der Waals surface area contributed by atoms with Crippen molar-refractivity contribution in [2.75, 3.05) is 19.6 Å². The second kappa shape index (κ2) is 7.77. The topological polar surface area (TPSA) is 49.4 Å². The van der Waals surface area contributed by atoms with E-state index in [-0.39, 0.29) is 12.6 Å². The van der Waals surface area contributed by atoms with Crippen molar-refractivity contribution >= 4 is 10.0 Å². The molecule has 140 valence electrons. The largest absolute Gasteiger partial charge is 0.295 e. The van der Waals surface area contributed by atoms with E-state index in [4.69, 9.17) is 0 Å². The summed E-state index contributed by atoms with van der Waals surface area (Å²) in [5, 5.41) is 0. The maximum atomic E-state index is 13.9. The highest BCUT2D eigenvalue weighted by Gasteiger charge is 2.28. The molecule has 1 saturated heterocycles. The van der Waals surface area contributed by atoms with Crippen molar-refractivity contribution in [2.24, 2.45) is 0 Å². The van der Waals surface area contributed by atoms with E-state index in [0.717, 1.165) is 37.6 Å². The van der Waals surface area contributed by atoms with E-state index in [0.29, 0.717) is 6.07 Å². The van der Waals surface area contributed by atoms with Crippen molar-refractivity contribution in [1.82, 2.24) is 9.62 Å². The highest BCUT2D eigenvalue weighted by atomic mass is 32.2. The minimum Gasteiger partial charge on any atom is -0.295 e. The molecule has 0 radical (unpaired) electrons. The molecule has 1 atom stereocenters. The zero-order chi connectivity index (χ0) is 18.7. The standard InChI is InChI=1S/C18H19F3N2O2S/c19-14-8-9-16(18(21)17(14)20)26(24,25)22-12-15(23-10-4-5-11-23)13-6-2-1-3-7-13/h1-3,6-9,15,22H,4-5,10-12H2. The molecule has 1 unspecified atom stereocenters. The van der Waals surface area contributed by atoms with Crippen molar-refractivity contribution in [3.63, 3.8) is 0 Å². The SMILES string of the molecule is O=S(=O)(NCC(c1ccccc1)N1CCCC1)c1ccc(F)c(F)c1F. The first-order valence-corrected chi connectivity index (χ1v) is 9.80. The van der Waals surface area contributed by atoms with Crippen LogP contribution in [0.3, 0.4) is 0 Å². The van der Waals surface area contributed by atoms with Crippen LogP contribution in [-0.4, -0.2) is 33.0 Å². The van der Waals surface area contributed by atoms with E-state index in [1.54, 1.807) is 0 Å². The average Bonchev–Trinajstić information content (AvgIpc) is 3.15. The lowest BCUT2D eigenvalue weighted by atomic mass is 10.1. The van der Waals surface area contributed by atoms with Gasteiger partial charge in [0.2, 0.25) is 10.0 Å². The van der Waals surface area contributed by atoms with Gasteiger partial charge in [0.1, 0.15) is 4.90 Å². The molecule has 2 aromatic rings. The fraction of sp³-hybridized carbons (Fsp3) is 0.333. The third-order valence-corrected chi connectivity index (χ3v) is 5.96. The molecular weight excluding hydrogens is 365 g/mol. The molecule has 0 spiro atoms. The molecule has 8 heteroatoms. The van der Waals surface area contributed by atoms with Gasteiger partial charge in [-0.25, -0.2) is 26.3 Å². The molecule has 26 heavy (non-hydrogen) atoms. The van der Waals surface area contributed by atoms with Crippen LogP contribution in [0.1, 0.15) is 24.4 Å². The summed E-state index contributed by atoms with van der Waals surface area (Å²) in [7, 11) is -4.32. The normalized spacial score (nSPS) is 16.7. The molecule has 0 aromatic heterocycles. The second-order valence-corrected chi connectivity index (χ2v) is 7.93. The Morgan fingerprint density at radius 2 is 1.62 bits per heavy atom. The molecule has 4 nitrogen and oxygen atoms in total. The Labute approximate surface area is 150 Å². The number of nitrogens with one attached hydrogen (secondary N) is 1. The van der Waals surface area contributed by atoms with Gasteiger partial charge in [-0.1, -0.05) is 30.3 Å². The van der Waals surface area contributed by atoms with Gasteiger partial charge in [0.15, 0.2) is 17.5 Å². The molecule has 1 heterocycles. The predicted octanol–water partition coefficient (Wildman–Crippen LogP) is 3.22. The van der Waals surface area contributed by atoms with Gasteiger partial charge < -0.3 is 0 Å².